The Morgan fingerprint density at radius 2 is 1.60 bits per heavy atom. The molecule has 2 aliphatic rings. The SMILES string of the molecule is COc1cc(NC2CCC23CCCCC3)cc(OC)c1. The number of rotatable bonds is 4. The smallest absolute Gasteiger partial charge is 0.124 e. The van der Waals surface area contributed by atoms with Crippen molar-refractivity contribution < 1.29 is 9.47 Å². The van der Waals surface area contributed by atoms with Gasteiger partial charge in [-0.2, -0.15) is 0 Å². The van der Waals surface area contributed by atoms with E-state index in [9.17, 15) is 0 Å². The van der Waals surface area contributed by atoms with Crippen LogP contribution in [0.1, 0.15) is 44.9 Å². The summed E-state index contributed by atoms with van der Waals surface area (Å²) >= 11 is 0. The molecule has 2 aliphatic carbocycles. The molecule has 1 N–H and O–H groups in total. The van der Waals surface area contributed by atoms with Crippen LogP contribution in [0.4, 0.5) is 5.69 Å². The van der Waals surface area contributed by atoms with Crippen molar-refractivity contribution in [3.63, 3.8) is 0 Å². The van der Waals surface area contributed by atoms with E-state index in [-0.39, 0.29) is 0 Å². The minimum atomic E-state index is 0.564. The molecule has 20 heavy (non-hydrogen) atoms. The number of hydrogen-bond donors (Lipinski definition) is 1. The molecule has 1 atom stereocenters. The third-order valence-electron chi connectivity index (χ3n) is 5.21. The minimum Gasteiger partial charge on any atom is -0.497 e. The third-order valence-corrected chi connectivity index (χ3v) is 5.21. The molecule has 2 saturated carbocycles. The topological polar surface area (TPSA) is 30.5 Å². The summed E-state index contributed by atoms with van der Waals surface area (Å²) in [4.78, 5) is 0. The van der Waals surface area contributed by atoms with E-state index in [4.69, 9.17) is 9.47 Å². The largest absolute Gasteiger partial charge is 0.497 e. The first kappa shape index (κ1) is 13.6. The predicted molar refractivity (Wildman–Crippen MR) is 81.7 cm³/mol. The molecule has 1 unspecified atom stereocenters. The maximum absolute atomic E-state index is 5.35. The number of ether oxygens (including phenoxy) is 2. The van der Waals surface area contributed by atoms with Crippen molar-refractivity contribution in [3.05, 3.63) is 18.2 Å². The van der Waals surface area contributed by atoms with Crippen molar-refractivity contribution in [1.29, 1.82) is 0 Å². The molecule has 3 nitrogen and oxygen atoms in total. The summed E-state index contributed by atoms with van der Waals surface area (Å²) in [5.74, 6) is 1.70. The average Bonchev–Trinajstić information content (AvgIpc) is 2.52. The maximum Gasteiger partial charge on any atom is 0.124 e. The van der Waals surface area contributed by atoms with Gasteiger partial charge in [0.05, 0.1) is 14.2 Å². The van der Waals surface area contributed by atoms with E-state index in [0.717, 1.165) is 17.2 Å². The Kier molecular flexibility index (Phi) is 3.77. The van der Waals surface area contributed by atoms with Gasteiger partial charge in [0.2, 0.25) is 0 Å². The summed E-state index contributed by atoms with van der Waals surface area (Å²) < 4.78 is 10.7. The Bertz CT molecular complexity index is 444. The van der Waals surface area contributed by atoms with Gasteiger partial charge in [0.1, 0.15) is 11.5 Å². The van der Waals surface area contributed by atoms with Crippen LogP contribution in [0.15, 0.2) is 18.2 Å². The van der Waals surface area contributed by atoms with Crippen molar-refractivity contribution in [3.8, 4) is 11.5 Å². The van der Waals surface area contributed by atoms with Gasteiger partial charge < -0.3 is 14.8 Å². The van der Waals surface area contributed by atoms with Gasteiger partial charge in [0.25, 0.3) is 0 Å². The second-order valence-corrected chi connectivity index (χ2v) is 6.26. The van der Waals surface area contributed by atoms with Crippen LogP contribution in [0.25, 0.3) is 0 Å². The van der Waals surface area contributed by atoms with Crippen LogP contribution in [-0.4, -0.2) is 20.3 Å². The lowest BCUT2D eigenvalue weighted by molar-refractivity contribution is 0.0571. The van der Waals surface area contributed by atoms with Crippen molar-refractivity contribution in [2.45, 2.75) is 51.0 Å². The van der Waals surface area contributed by atoms with Crippen LogP contribution in [0, 0.1) is 5.41 Å². The van der Waals surface area contributed by atoms with Gasteiger partial charge >= 0.3 is 0 Å². The second kappa shape index (κ2) is 5.55. The molecule has 0 aromatic heterocycles. The molecule has 1 spiro atoms. The summed E-state index contributed by atoms with van der Waals surface area (Å²) in [7, 11) is 3.40. The number of benzene rings is 1. The molecular weight excluding hydrogens is 250 g/mol. The molecule has 0 bridgehead atoms. The molecule has 0 heterocycles. The van der Waals surface area contributed by atoms with Crippen LogP contribution in [0.5, 0.6) is 11.5 Å². The zero-order valence-corrected chi connectivity index (χ0v) is 12.6. The Labute approximate surface area is 121 Å². The molecule has 0 amide bonds. The quantitative estimate of drug-likeness (QED) is 0.892. The van der Waals surface area contributed by atoms with E-state index in [1.54, 1.807) is 14.2 Å². The lowest BCUT2D eigenvalue weighted by atomic mass is 9.57. The molecule has 0 radical (unpaired) electrons. The molecule has 3 rings (SSSR count). The van der Waals surface area contributed by atoms with E-state index in [0.29, 0.717) is 11.5 Å². The lowest BCUT2D eigenvalue weighted by Crippen LogP contribution is -2.50. The van der Waals surface area contributed by atoms with Gasteiger partial charge in [-0.25, -0.2) is 0 Å². The van der Waals surface area contributed by atoms with Gasteiger partial charge in [-0.15, -0.1) is 0 Å². The van der Waals surface area contributed by atoms with E-state index >= 15 is 0 Å². The molecular formula is C17H25NO2. The standard InChI is InChI=1S/C17H25NO2/c1-19-14-10-13(11-15(12-14)20-2)18-16-6-9-17(16)7-4-3-5-8-17/h10-12,16,18H,3-9H2,1-2H3. The molecule has 0 saturated heterocycles. The van der Waals surface area contributed by atoms with E-state index in [2.05, 4.69) is 17.4 Å². The van der Waals surface area contributed by atoms with E-state index < -0.39 is 0 Å². The van der Waals surface area contributed by atoms with Crippen molar-refractivity contribution >= 4 is 5.69 Å². The summed E-state index contributed by atoms with van der Waals surface area (Å²) in [6.07, 6.45) is 9.70. The first-order chi connectivity index (χ1) is 9.75. The fourth-order valence-electron chi connectivity index (χ4n) is 3.87. The van der Waals surface area contributed by atoms with E-state index in [1.807, 2.05) is 6.07 Å². The van der Waals surface area contributed by atoms with Crippen LogP contribution < -0.4 is 14.8 Å². The van der Waals surface area contributed by atoms with Gasteiger partial charge in [-0.05, 0) is 31.1 Å². The van der Waals surface area contributed by atoms with Crippen LogP contribution in [0.3, 0.4) is 0 Å². The molecule has 1 aromatic carbocycles. The Hall–Kier alpha value is -1.38. The van der Waals surface area contributed by atoms with Crippen LogP contribution >= 0.6 is 0 Å². The Balaban J connectivity index is 1.74. The van der Waals surface area contributed by atoms with Crippen molar-refractivity contribution in [2.24, 2.45) is 5.41 Å². The third kappa shape index (κ3) is 2.46. The second-order valence-electron chi connectivity index (χ2n) is 6.26. The average molecular weight is 275 g/mol. The monoisotopic (exact) mass is 275 g/mol. The summed E-state index contributed by atoms with van der Waals surface area (Å²) in [5, 5.41) is 3.73. The maximum atomic E-state index is 5.35. The highest BCUT2D eigenvalue weighted by Gasteiger charge is 2.46. The Morgan fingerprint density at radius 1 is 0.950 bits per heavy atom. The number of nitrogens with one attached hydrogen (secondary N) is 1. The van der Waals surface area contributed by atoms with Gasteiger partial charge in [-0.1, -0.05) is 19.3 Å². The van der Waals surface area contributed by atoms with Gasteiger partial charge in [-0.3, -0.25) is 0 Å². The minimum absolute atomic E-state index is 0.564. The van der Waals surface area contributed by atoms with Gasteiger partial charge in [0.15, 0.2) is 0 Å². The number of hydrogen-bond acceptors (Lipinski definition) is 3. The normalized spacial score (nSPS) is 24.0. The summed E-state index contributed by atoms with van der Waals surface area (Å²) in [5.41, 5.74) is 1.69. The fourth-order valence-corrected chi connectivity index (χ4v) is 3.87. The van der Waals surface area contributed by atoms with E-state index in [1.165, 1.54) is 44.9 Å². The predicted octanol–water partition coefficient (Wildman–Crippen LogP) is 4.23. The highest BCUT2D eigenvalue weighted by atomic mass is 16.5. The van der Waals surface area contributed by atoms with Crippen LogP contribution in [0.2, 0.25) is 0 Å². The first-order valence-corrected chi connectivity index (χ1v) is 7.75. The van der Waals surface area contributed by atoms with Crippen LogP contribution in [-0.2, 0) is 0 Å². The molecule has 3 heteroatoms. The fraction of sp³-hybridized carbons (Fsp3) is 0.647. The zero-order valence-electron chi connectivity index (χ0n) is 12.6. The number of anilines is 1. The first-order valence-electron chi connectivity index (χ1n) is 7.75. The molecule has 2 fully saturated rings. The Morgan fingerprint density at radius 3 is 2.10 bits per heavy atom. The summed E-state index contributed by atoms with van der Waals surface area (Å²) in [6, 6.07) is 6.68. The lowest BCUT2D eigenvalue weighted by Gasteiger charge is -2.52. The molecule has 110 valence electrons. The molecule has 1 aromatic rings. The highest BCUT2D eigenvalue weighted by molar-refractivity contribution is 5.54. The zero-order chi connectivity index (χ0) is 14.0. The van der Waals surface area contributed by atoms with Gasteiger partial charge in [0, 0.05) is 29.9 Å². The highest BCUT2D eigenvalue weighted by Crippen LogP contribution is 2.52. The van der Waals surface area contributed by atoms with Crippen molar-refractivity contribution in [1.82, 2.24) is 0 Å². The van der Waals surface area contributed by atoms with Crippen molar-refractivity contribution in [2.75, 3.05) is 19.5 Å². The number of methoxy groups -OCH3 is 2. The summed E-state index contributed by atoms with van der Waals surface area (Å²) in [6.45, 7) is 0. The molecule has 0 aliphatic heterocycles.